The van der Waals surface area contributed by atoms with Gasteiger partial charge in [0, 0.05) is 41.8 Å². The van der Waals surface area contributed by atoms with Gasteiger partial charge in [0.15, 0.2) is 0 Å². The number of benzene rings is 2. The monoisotopic (exact) mass is 535 g/mol. The van der Waals surface area contributed by atoms with Crippen LogP contribution in [0.4, 0.5) is 10.1 Å². The van der Waals surface area contributed by atoms with Crippen molar-refractivity contribution in [2.75, 3.05) is 36.0 Å². The van der Waals surface area contributed by atoms with Crippen LogP contribution in [0.5, 0.6) is 0 Å². The van der Waals surface area contributed by atoms with E-state index in [4.69, 9.17) is 5.26 Å². The Morgan fingerprint density at radius 1 is 1.05 bits per heavy atom. The smallest absolute Gasteiger partial charge is 0.223 e. The molecule has 2 aliphatic rings. The van der Waals surface area contributed by atoms with Crippen molar-refractivity contribution in [2.45, 2.75) is 38.7 Å². The first-order valence-electron chi connectivity index (χ1n) is 13.1. The molecule has 7 nitrogen and oxygen atoms in total. The fraction of sp³-hybridized carbons (Fsp3) is 0.414. The second kappa shape index (κ2) is 14.0. The first-order chi connectivity index (χ1) is 18.6. The van der Waals surface area contributed by atoms with Crippen LogP contribution in [0.2, 0.25) is 0 Å². The highest BCUT2D eigenvalue weighted by Gasteiger charge is 2.20. The van der Waals surface area contributed by atoms with Crippen LogP contribution in [0, 0.1) is 23.1 Å². The number of aromatic nitrogens is 2. The van der Waals surface area contributed by atoms with Crippen LogP contribution < -0.4 is 10.2 Å². The Balaban J connectivity index is 0.000000236. The largest absolute Gasteiger partial charge is 0.390 e. The van der Waals surface area contributed by atoms with E-state index in [0.717, 1.165) is 55.6 Å². The molecule has 3 aromatic rings. The molecule has 9 heteroatoms. The van der Waals surface area contributed by atoms with Crippen LogP contribution in [-0.2, 0) is 11.4 Å². The molecular weight excluding hydrogens is 501 g/mol. The maximum Gasteiger partial charge on any atom is 0.223 e. The van der Waals surface area contributed by atoms with Gasteiger partial charge in [0.2, 0.25) is 5.91 Å². The first kappa shape index (κ1) is 27.7. The van der Waals surface area contributed by atoms with E-state index in [1.807, 2.05) is 17.8 Å². The molecule has 0 unspecified atom stereocenters. The summed E-state index contributed by atoms with van der Waals surface area (Å²) in [4.78, 5) is 13.7. The molecule has 0 bridgehead atoms. The summed E-state index contributed by atoms with van der Waals surface area (Å²) in [5, 5.41) is 25.1. The van der Waals surface area contributed by atoms with Crippen LogP contribution in [0.15, 0.2) is 54.7 Å². The number of hydrogen-bond donors (Lipinski definition) is 2. The topological polar surface area (TPSA) is 94.2 Å². The number of thioether (sulfide) groups is 1. The minimum atomic E-state index is -0.293. The molecule has 0 atom stereocenters. The number of carbonyl (C=O) groups is 1. The van der Waals surface area contributed by atoms with E-state index in [9.17, 15) is 14.3 Å². The molecule has 1 aromatic heterocycles. The Hall–Kier alpha value is -3.35. The van der Waals surface area contributed by atoms with Gasteiger partial charge in [-0.2, -0.15) is 22.1 Å². The van der Waals surface area contributed by atoms with Gasteiger partial charge < -0.3 is 15.3 Å². The molecule has 2 fully saturated rings. The highest BCUT2D eigenvalue weighted by molar-refractivity contribution is 7.99. The number of nitrogens with zero attached hydrogens (tertiary/aromatic N) is 4. The predicted molar refractivity (Wildman–Crippen MR) is 150 cm³/mol. The van der Waals surface area contributed by atoms with Crippen molar-refractivity contribution >= 4 is 23.4 Å². The van der Waals surface area contributed by atoms with Crippen molar-refractivity contribution in [1.82, 2.24) is 15.1 Å². The lowest BCUT2D eigenvalue weighted by molar-refractivity contribution is -0.125. The summed E-state index contributed by atoms with van der Waals surface area (Å²) in [5.41, 5.74) is 4.54. The molecule has 2 aromatic carbocycles. The highest BCUT2D eigenvalue weighted by atomic mass is 32.2. The van der Waals surface area contributed by atoms with Crippen LogP contribution in [-0.4, -0.2) is 51.9 Å². The number of aliphatic hydroxyl groups is 1. The van der Waals surface area contributed by atoms with Gasteiger partial charge in [-0.25, -0.2) is 9.07 Å². The molecule has 0 spiro atoms. The molecule has 1 aliphatic heterocycles. The molecule has 200 valence electrons. The SMILES string of the molecule is N#CCNC(=O)C1CCCCC1.OCc1c(-c2ccc(N3CCSCC3)cc2)cnn1-c1ccc(F)cc1. The zero-order valence-corrected chi connectivity index (χ0v) is 22.3. The lowest BCUT2D eigenvalue weighted by Crippen LogP contribution is -2.32. The summed E-state index contributed by atoms with van der Waals surface area (Å²) in [6.07, 6.45) is 7.31. The second-order valence-corrected chi connectivity index (χ2v) is 10.6. The molecule has 1 saturated carbocycles. The lowest BCUT2D eigenvalue weighted by Gasteiger charge is -2.28. The van der Waals surface area contributed by atoms with Crippen LogP contribution in [0.1, 0.15) is 37.8 Å². The Labute approximate surface area is 227 Å². The Morgan fingerprint density at radius 3 is 2.34 bits per heavy atom. The number of rotatable bonds is 6. The van der Waals surface area contributed by atoms with Crippen molar-refractivity contribution in [1.29, 1.82) is 5.26 Å². The van der Waals surface area contributed by atoms with Crippen LogP contribution in [0.25, 0.3) is 16.8 Å². The van der Waals surface area contributed by atoms with E-state index in [2.05, 4.69) is 39.6 Å². The van der Waals surface area contributed by atoms with Crippen molar-refractivity contribution in [3.63, 3.8) is 0 Å². The summed E-state index contributed by atoms with van der Waals surface area (Å²) in [7, 11) is 0. The quantitative estimate of drug-likeness (QED) is 0.435. The molecule has 2 N–H and O–H groups in total. The fourth-order valence-corrected chi connectivity index (χ4v) is 5.78. The van der Waals surface area contributed by atoms with E-state index in [0.29, 0.717) is 5.69 Å². The Bertz CT molecular complexity index is 1210. The molecule has 5 rings (SSSR count). The van der Waals surface area contributed by atoms with Gasteiger partial charge in [0.05, 0.1) is 30.3 Å². The van der Waals surface area contributed by atoms with E-state index in [1.165, 1.54) is 35.7 Å². The molecule has 2 heterocycles. The van der Waals surface area contributed by atoms with E-state index in [-0.39, 0.29) is 30.8 Å². The molecular formula is C29H34FN5O2S. The summed E-state index contributed by atoms with van der Waals surface area (Å²) in [6.45, 7) is 2.16. The maximum absolute atomic E-state index is 13.2. The van der Waals surface area contributed by atoms with E-state index >= 15 is 0 Å². The highest BCUT2D eigenvalue weighted by Crippen LogP contribution is 2.29. The Morgan fingerprint density at radius 2 is 1.71 bits per heavy atom. The van der Waals surface area contributed by atoms with Gasteiger partial charge in [0.1, 0.15) is 12.4 Å². The number of aliphatic hydroxyl groups excluding tert-OH is 1. The summed E-state index contributed by atoms with van der Waals surface area (Å²) >= 11 is 2.00. The number of amides is 1. The van der Waals surface area contributed by atoms with Gasteiger partial charge in [-0.15, -0.1) is 0 Å². The third kappa shape index (κ3) is 7.15. The molecule has 1 saturated heterocycles. The van der Waals surface area contributed by atoms with Gasteiger partial charge in [-0.1, -0.05) is 31.4 Å². The third-order valence-electron chi connectivity index (χ3n) is 6.96. The van der Waals surface area contributed by atoms with Crippen LogP contribution in [0.3, 0.4) is 0 Å². The molecule has 0 radical (unpaired) electrons. The summed E-state index contributed by atoms with van der Waals surface area (Å²) < 4.78 is 14.8. The van der Waals surface area contributed by atoms with Crippen LogP contribution >= 0.6 is 11.8 Å². The van der Waals surface area contributed by atoms with Gasteiger partial charge >= 0.3 is 0 Å². The number of anilines is 1. The zero-order valence-electron chi connectivity index (χ0n) is 21.5. The lowest BCUT2D eigenvalue weighted by atomic mass is 9.89. The second-order valence-electron chi connectivity index (χ2n) is 9.41. The van der Waals surface area contributed by atoms with E-state index < -0.39 is 0 Å². The fourth-order valence-electron chi connectivity index (χ4n) is 4.88. The molecule has 1 aliphatic carbocycles. The number of nitrogens with one attached hydrogen (secondary N) is 1. The average Bonchev–Trinajstić information content (AvgIpc) is 3.42. The summed E-state index contributed by atoms with van der Waals surface area (Å²) in [5.74, 6) is 2.28. The zero-order chi connectivity index (χ0) is 26.7. The van der Waals surface area contributed by atoms with Gasteiger partial charge in [-0.3, -0.25) is 4.79 Å². The van der Waals surface area contributed by atoms with Crippen molar-refractivity contribution < 1.29 is 14.3 Å². The minimum Gasteiger partial charge on any atom is -0.390 e. The van der Waals surface area contributed by atoms with Crippen molar-refractivity contribution in [3.8, 4) is 22.9 Å². The van der Waals surface area contributed by atoms with Crippen molar-refractivity contribution in [2.24, 2.45) is 5.92 Å². The Kier molecular flexibility index (Phi) is 10.2. The molecule has 1 amide bonds. The standard InChI is InChI=1S/C20H20FN3OS.C9H14N2O/c21-16-3-7-18(8-4-16)24-20(14-25)19(13-22-24)15-1-5-17(6-2-15)23-9-11-26-12-10-23;10-6-7-11-9(12)8-4-2-1-3-5-8/h1-8,13,25H,9-12,14H2;8H,1-5,7H2,(H,11,12). The summed E-state index contributed by atoms with van der Waals surface area (Å²) in [6, 6.07) is 16.4. The number of hydrogen-bond acceptors (Lipinski definition) is 6. The molecule has 38 heavy (non-hydrogen) atoms. The third-order valence-corrected chi connectivity index (χ3v) is 7.90. The normalized spacial score (nSPS) is 15.8. The maximum atomic E-state index is 13.2. The average molecular weight is 536 g/mol. The van der Waals surface area contributed by atoms with Crippen molar-refractivity contribution in [3.05, 3.63) is 66.2 Å². The number of carbonyl (C=O) groups excluding carboxylic acids is 1. The van der Waals surface area contributed by atoms with Gasteiger partial charge in [0.25, 0.3) is 0 Å². The number of nitriles is 1. The first-order valence-corrected chi connectivity index (χ1v) is 14.3. The number of halogens is 1. The van der Waals surface area contributed by atoms with Gasteiger partial charge in [-0.05, 0) is 54.8 Å². The predicted octanol–water partition coefficient (Wildman–Crippen LogP) is 4.93. The van der Waals surface area contributed by atoms with E-state index in [1.54, 1.807) is 23.0 Å². The minimum absolute atomic E-state index is 0.0660.